The van der Waals surface area contributed by atoms with Crippen LogP contribution < -0.4 is 5.32 Å². The van der Waals surface area contributed by atoms with Crippen molar-refractivity contribution in [1.82, 2.24) is 10.2 Å². The number of benzene rings is 3. The lowest BCUT2D eigenvalue weighted by atomic mass is 10.0. The first kappa shape index (κ1) is 29.0. The molecule has 0 radical (unpaired) electrons. The number of carbonyl (C=O) groups is 2. The van der Waals surface area contributed by atoms with Gasteiger partial charge in [0.1, 0.15) is 11.9 Å². The third-order valence-corrected chi connectivity index (χ3v) is 7.76. The van der Waals surface area contributed by atoms with Crippen molar-refractivity contribution in [3.05, 3.63) is 105 Å². The maximum Gasteiger partial charge on any atom is 0.243 e. The minimum atomic E-state index is -0.743. The van der Waals surface area contributed by atoms with Crippen LogP contribution in [0.2, 0.25) is 10.0 Å². The van der Waals surface area contributed by atoms with Gasteiger partial charge in [-0.1, -0.05) is 84.7 Å². The third-order valence-electron chi connectivity index (χ3n) is 6.05. The van der Waals surface area contributed by atoms with Crippen molar-refractivity contribution in [1.29, 1.82) is 0 Å². The van der Waals surface area contributed by atoms with Crippen molar-refractivity contribution in [3.8, 4) is 0 Å². The van der Waals surface area contributed by atoms with E-state index in [9.17, 15) is 14.0 Å². The minimum absolute atomic E-state index is 0.0388. The molecule has 0 fully saturated rings. The van der Waals surface area contributed by atoms with Gasteiger partial charge in [0.15, 0.2) is 0 Å². The Morgan fingerprint density at radius 1 is 0.973 bits per heavy atom. The van der Waals surface area contributed by atoms with Crippen LogP contribution in [0.3, 0.4) is 0 Å². The number of nitrogens with one attached hydrogen (secondary N) is 1. The summed E-state index contributed by atoms with van der Waals surface area (Å²) in [5.41, 5.74) is 2.24. The summed E-state index contributed by atoms with van der Waals surface area (Å²) in [5.74, 6) is -0.290. The minimum Gasteiger partial charge on any atom is -0.352 e. The fraction of sp³-hybridized carbons (Fsp3) is 0.310. The Hall–Kier alpha value is -2.54. The molecule has 0 aromatic heterocycles. The Morgan fingerprint density at radius 2 is 1.68 bits per heavy atom. The van der Waals surface area contributed by atoms with Gasteiger partial charge in [-0.15, -0.1) is 11.8 Å². The van der Waals surface area contributed by atoms with Crippen LogP contribution in [0.1, 0.15) is 37.0 Å². The number of hydrogen-bond acceptors (Lipinski definition) is 3. The highest BCUT2D eigenvalue weighted by Gasteiger charge is 2.31. The average molecular weight is 562 g/mol. The summed E-state index contributed by atoms with van der Waals surface area (Å²) in [4.78, 5) is 28.7. The molecule has 4 nitrogen and oxygen atoms in total. The van der Waals surface area contributed by atoms with Gasteiger partial charge in [0.25, 0.3) is 0 Å². The zero-order valence-corrected chi connectivity index (χ0v) is 23.3. The summed E-state index contributed by atoms with van der Waals surface area (Å²) in [6, 6.07) is 20.5. The SMILES string of the molecule is CC[C@H](C)NC(=O)[C@H](Cc1ccccc1)N(Cc1ccc(Cl)c(Cl)c1)C(=O)CSCc1ccccc1F. The lowest BCUT2D eigenvalue weighted by Crippen LogP contribution is -2.52. The molecule has 3 rings (SSSR count). The molecule has 2 amide bonds. The van der Waals surface area contributed by atoms with Gasteiger partial charge >= 0.3 is 0 Å². The molecule has 196 valence electrons. The normalized spacial score (nSPS) is 12.6. The van der Waals surface area contributed by atoms with Gasteiger partial charge in [-0.2, -0.15) is 0 Å². The number of rotatable bonds is 12. The van der Waals surface area contributed by atoms with Crippen molar-refractivity contribution in [2.24, 2.45) is 0 Å². The summed E-state index contributed by atoms with van der Waals surface area (Å²) < 4.78 is 14.1. The second-order valence-corrected chi connectivity index (χ2v) is 10.7. The number of thioether (sulfide) groups is 1. The molecule has 37 heavy (non-hydrogen) atoms. The quantitative estimate of drug-likeness (QED) is 0.261. The number of carbonyl (C=O) groups excluding carboxylic acids is 2. The highest BCUT2D eigenvalue weighted by Crippen LogP contribution is 2.25. The van der Waals surface area contributed by atoms with E-state index in [2.05, 4.69) is 5.32 Å². The van der Waals surface area contributed by atoms with E-state index in [1.165, 1.54) is 17.8 Å². The van der Waals surface area contributed by atoms with Crippen molar-refractivity contribution in [2.75, 3.05) is 5.75 Å². The predicted octanol–water partition coefficient (Wildman–Crippen LogP) is 6.92. The van der Waals surface area contributed by atoms with Crippen LogP contribution in [0.5, 0.6) is 0 Å². The largest absolute Gasteiger partial charge is 0.352 e. The smallest absolute Gasteiger partial charge is 0.243 e. The van der Waals surface area contributed by atoms with E-state index in [1.807, 2.05) is 44.2 Å². The fourth-order valence-corrected chi connectivity index (χ4v) is 4.99. The third kappa shape index (κ3) is 8.77. The average Bonchev–Trinajstić information content (AvgIpc) is 2.89. The predicted molar refractivity (Wildman–Crippen MR) is 151 cm³/mol. The van der Waals surface area contributed by atoms with Crippen LogP contribution >= 0.6 is 35.0 Å². The van der Waals surface area contributed by atoms with Crippen LogP contribution in [0.15, 0.2) is 72.8 Å². The van der Waals surface area contributed by atoms with Gasteiger partial charge in [0.05, 0.1) is 15.8 Å². The summed E-state index contributed by atoms with van der Waals surface area (Å²) in [6.07, 6.45) is 1.12. The molecule has 0 heterocycles. The van der Waals surface area contributed by atoms with Crippen molar-refractivity contribution in [2.45, 2.75) is 51.1 Å². The Balaban J connectivity index is 1.89. The van der Waals surface area contributed by atoms with Gasteiger partial charge in [0, 0.05) is 24.8 Å². The molecule has 3 aromatic rings. The highest BCUT2D eigenvalue weighted by atomic mass is 35.5. The molecule has 0 saturated heterocycles. The zero-order chi connectivity index (χ0) is 26.8. The van der Waals surface area contributed by atoms with Gasteiger partial charge < -0.3 is 10.2 Å². The van der Waals surface area contributed by atoms with Crippen LogP contribution in [-0.2, 0) is 28.3 Å². The lowest BCUT2D eigenvalue weighted by Gasteiger charge is -2.32. The fourth-order valence-electron chi connectivity index (χ4n) is 3.78. The molecule has 0 bridgehead atoms. The monoisotopic (exact) mass is 560 g/mol. The van der Waals surface area contributed by atoms with Crippen LogP contribution in [-0.4, -0.2) is 34.6 Å². The molecule has 0 unspecified atom stereocenters. The molecular weight excluding hydrogens is 530 g/mol. The Kier molecular flexibility index (Phi) is 11.3. The van der Waals surface area contributed by atoms with Gasteiger partial charge in [0.2, 0.25) is 11.8 Å². The molecule has 0 aliphatic heterocycles. The first-order chi connectivity index (χ1) is 17.8. The first-order valence-electron chi connectivity index (χ1n) is 12.2. The molecule has 8 heteroatoms. The Morgan fingerprint density at radius 3 is 2.35 bits per heavy atom. The maximum absolute atomic E-state index is 14.1. The zero-order valence-electron chi connectivity index (χ0n) is 20.9. The summed E-state index contributed by atoms with van der Waals surface area (Å²) in [5, 5.41) is 3.84. The second-order valence-electron chi connectivity index (χ2n) is 8.88. The molecule has 0 saturated carbocycles. The van der Waals surface area contributed by atoms with Crippen LogP contribution in [0.25, 0.3) is 0 Å². The molecule has 0 spiro atoms. The van der Waals surface area contributed by atoms with E-state index in [0.717, 1.165) is 17.5 Å². The number of hydrogen-bond donors (Lipinski definition) is 1. The first-order valence-corrected chi connectivity index (χ1v) is 14.1. The Labute approximate surface area is 232 Å². The number of nitrogens with zero attached hydrogens (tertiary/aromatic N) is 1. The molecular formula is C29H31Cl2FN2O2S. The van der Waals surface area contributed by atoms with Gasteiger partial charge in [-0.3, -0.25) is 9.59 Å². The van der Waals surface area contributed by atoms with E-state index in [4.69, 9.17) is 23.2 Å². The summed E-state index contributed by atoms with van der Waals surface area (Å²) >= 11 is 13.7. The summed E-state index contributed by atoms with van der Waals surface area (Å²) in [6.45, 7) is 4.11. The lowest BCUT2D eigenvalue weighted by molar-refractivity contribution is -0.139. The van der Waals surface area contributed by atoms with Gasteiger partial charge in [-0.05, 0) is 48.2 Å². The van der Waals surface area contributed by atoms with E-state index < -0.39 is 6.04 Å². The van der Waals surface area contributed by atoms with E-state index in [1.54, 1.807) is 41.3 Å². The van der Waals surface area contributed by atoms with Gasteiger partial charge in [-0.25, -0.2) is 4.39 Å². The number of halogens is 3. The van der Waals surface area contributed by atoms with Crippen LogP contribution in [0.4, 0.5) is 4.39 Å². The van der Waals surface area contributed by atoms with Crippen molar-refractivity contribution in [3.63, 3.8) is 0 Å². The van der Waals surface area contributed by atoms with Crippen molar-refractivity contribution < 1.29 is 14.0 Å². The standard InChI is InChI=1S/C29H31Cl2FN2O2S/c1-3-20(2)33-29(36)27(16-21-9-5-4-6-10-21)34(17-22-13-14-24(30)25(31)15-22)28(35)19-37-18-23-11-7-8-12-26(23)32/h4-15,20,27H,3,16-19H2,1-2H3,(H,33,36)/t20-,27-/m0/s1. The van der Waals surface area contributed by atoms with Crippen LogP contribution in [0, 0.1) is 5.82 Å². The maximum atomic E-state index is 14.1. The molecule has 0 aliphatic carbocycles. The Bertz CT molecular complexity index is 1200. The topological polar surface area (TPSA) is 49.4 Å². The molecule has 0 aliphatic rings. The van der Waals surface area contributed by atoms with E-state index in [-0.39, 0.29) is 36.0 Å². The second kappa shape index (κ2) is 14.4. The van der Waals surface area contributed by atoms with E-state index in [0.29, 0.717) is 27.8 Å². The van der Waals surface area contributed by atoms with Crippen molar-refractivity contribution >= 4 is 46.8 Å². The highest BCUT2D eigenvalue weighted by molar-refractivity contribution is 7.99. The molecule has 1 N–H and O–H groups in total. The summed E-state index contributed by atoms with van der Waals surface area (Å²) in [7, 11) is 0. The molecule has 2 atom stereocenters. The number of amides is 2. The van der Waals surface area contributed by atoms with E-state index >= 15 is 0 Å². The molecule has 3 aromatic carbocycles.